The Labute approximate surface area is 178 Å². The first-order valence-electron chi connectivity index (χ1n) is 9.41. The minimum Gasteiger partial charge on any atom is -0.451 e. The Morgan fingerprint density at radius 3 is 2.75 bits per heavy atom. The zero-order valence-corrected chi connectivity index (χ0v) is 18.5. The maximum absolute atomic E-state index is 12.8. The quantitative estimate of drug-likeness (QED) is 0.568. The summed E-state index contributed by atoms with van der Waals surface area (Å²) in [6, 6.07) is 5.51. The first kappa shape index (κ1) is 20.0. The average molecular weight is 440 g/mol. The van der Waals surface area contributed by atoms with Crippen LogP contribution in [0, 0.1) is 10.8 Å². The van der Waals surface area contributed by atoms with Crippen LogP contribution in [0.5, 0.6) is 0 Å². The Kier molecular flexibility index (Phi) is 4.92. The number of fused-ring (bicyclic) bond motifs is 3. The van der Waals surface area contributed by atoms with Gasteiger partial charge in [-0.1, -0.05) is 50.0 Å². The molecule has 0 radical (unpaired) electrons. The van der Waals surface area contributed by atoms with Crippen molar-refractivity contribution in [2.45, 2.75) is 46.1 Å². The molecule has 2 atom stereocenters. The van der Waals surface area contributed by atoms with Crippen molar-refractivity contribution in [2.24, 2.45) is 10.8 Å². The second-order valence-electron chi connectivity index (χ2n) is 9.20. The van der Waals surface area contributed by atoms with Crippen LogP contribution in [0.25, 0.3) is 10.1 Å². The van der Waals surface area contributed by atoms with Crippen LogP contribution < -0.4 is 0 Å². The highest BCUT2D eigenvalue weighted by Gasteiger charge is 2.50. The van der Waals surface area contributed by atoms with Crippen molar-refractivity contribution in [1.29, 1.82) is 0 Å². The number of hydrogen-bond donors (Lipinski definition) is 0. The molecule has 4 rings (SSSR count). The molecule has 2 unspecified atom stereocenters. The van der Waals surface area contributed by atoms with Crippen molar-refractivity contribution in [3.05, 3.63) is 33.1 Å². The van der Waals surface area contributed by atoms with E-state index in [2.05, 4.69) is 20.8 Å². The van der Waals surface area contributed by atoms with Gasteiger partial charge in [-0.05, 0) is 42.2 Å². The molecular formula is C21H23Cl2NO3S. The largest absolute Gasteiger partial charge is 0.451 e. The van der Waals surface area contributed by atoms with E-state index in [1.54, 1.807) is 18.2 Å². The molecule has 2 aliphatic rings. The smallest absolute Gasteiger partial charge is 0.350 e. The molecule has 2 bridgehead atoms. The number of benzene rings is 1. The van der Waals surface area contributed by atoms with Crippen LogP contribution in [0.3, 0.4) is 0 Å². The van der Waals surface area contributed by atoms with Gasteiger partial charge in [0.05, 0.1) is 5.02 Å². The Balaban J connectivity index is 1.44. The summed E-state index contributed by atoms with van der Waals surface area (Å²) in [6.07, 6.45) is 3.13. The molecule has 1 aromatic heterocycles. The van der Waals surface area contributed by atoms with E-state index >= 15 is 0 Å². The van der Waals surface area contributed by atoms with Crippen LogP contribution in [0.2, 0.25) is 10.0 Å². The molecule has 1 saturated heterocycles. The molecule has 28 heavy (non-hydrogen) atoms. The van der Waals surface area contributed by atoms with E-state index in [1.165, 1.54) is 11.3 Å². The van der Waals surface area contributed by atoms with Gasteiger partial charge in [0.15, 0.2) is 6.61 Å². The molecule has 0 spiro atoms. The molecule has 1 aliphatic heterocycles. The number of thiophene rings is 1. The van der Waals surface area contributed by atoms with Gasteiger partial charge in [0.25, 0.3) is 5.91 Å². The van der Waals surface area contributed by atoms with Crippen molar-refractivity contribution < 1.29 is 14.3 Å². The van der Waals surface area contributed by atoms with E-state index in [9.17, 15) is 9.59 Å². The molecule has 1 aliphatic carbocycles. The molecule has 1 saturated carbocycles. The monoisotopic (exact) mass is 439 g/mol. The van der Waals surface area contributed by atoms with Crippen molar-refractivity contribution >= 4 is 56.5 Å². The molecular weight excluding hydrogens is 417 g/mol. The Morgan fingerprint density at radius 2 is 2.00 bits per heavy atom. The molecule has 1 aromatic carbocycles. The fourth-order valence-corrected chi connectivity index (χ4v) is 6.88. The summed E-state index contributed by atoms with van der Waals surface area (Å²) in [6.45, 7) is 7.27. The number of rotatable bonds is 3. The van der Waals surface area contributed by atoms with E-state index in [1.807, 2.05) is 4.90 Å². The van der Waals surface area contributed by atoms with Crippen LogP contribution >= 0.6 is 34.5 Å². The van der Waals surface area contributed by atoms with E-state index in [4.69, 9.17) is 27.9 Å². The normalized spacial score (nSPS) is 25.9. The predicted octanol–water partition coefficient (Wildman–Crippen LogP) is 5.79. The number of hydrogen-bond acceptors (Lipinski definition) is 4. The Bertz CT molecular complexity index is 970. The fourth-order valence-electron chi connectivity index (χ4n) is 5.20. The van der Waals surface area contributed by atoms with Crippen molar-refractivity contribution in [3.63, 3.8) is 0 Å². The van der Waals surface area contributed by atoms with E-state index < -0.39 is 5.97 Å². The molecule has 0 N–H and O–H groups in total. The van der Waals surface area contributed by atoms with Crippen LogP contribution in [0.1, 0.15) is 49.7 Å². The second kappa shape index (κ2) is 6.89. The Morgan fingerprint density at radius 1 is 1.25 bits per heavy atom. The number of amides is 1. The van der Waals surface area contributed by atoms with E-state index in [-0.39, 0.29) is 29.4 Å². The summed E-state index contributed by atoms with van der Waals surface area (Å²) < 4.78 is 6.16. The van der Waals surface area contributed by atoms with Crippen molar-refractivity contribution in [1.82, 2.24) is 4.90 Å². The van der Waals surface area contributed by atoms with Gasteiger partial charge in [-0.3, -0.25) is 4.79 Å². The zero-order chi connectivity index (χ0) is 20.3. The lowest BCUT2D eigenvalue weighted by Crippen LogP contribution is -2.39. The zero-order valence-electron chi connectivity index (χ0n) is 16.2. The Hall–Kier alpha value is -1.30. The van der Waals surface area contributed by atoms with Gasteiger partial charge < -0.3 is 9.64 Å². The second-order valence-corrected chi connectivity index (χ2v) is 11.1. The summed E-state index contributed by atoms with van der Waals surface area (Å²) in [7, 11) is 0. The highest BCUT2D eigenvalue weighted by atomic mass is 35.5. The minimum absolute atomic E-state index is 0.125. The van der Waals surface area contributed by atoms with E-state index in [0.717, 1.165) is 35.9 Å². The number of ether oxygens (including phenoxy) is 1. The fraction of sp³-hybridized carbons (Fsp3) is 0.524. The third kappa shape index (κ3) is 3.64. The van der Waals surface area contributed by atoms with Gasteiger partial charge in [0.2, 0.25) is 0 Å². The first-order valence-corrected chi connectivity index (χ1v) is 11.0. The highest BCUT2D eigenvalue weighted by molar-refractivity contribution is 7.21. The van der Waals surface area contributed by atoms with Gasteiger partial charge in [-0.2, -0.15) is 0 Å². The number of esters is 1. The lowest BCUT2D eigenvalue weighted by atomic mass is 9.65. The number of carbonyl (C=O) groups is 2. The summed E-state index contributed by atoms with van der Waals surface area (Å²) in [5.74, 6) is -0.690. The number of nitrogens with zero attached hydrogens (tertiary/aromatic N) is 1. The minimum atomic E-state index is -0.565. The predicted molar refractivity (Wildman–Crippen MR) is 113 cm³/mol. The lowest BCUT2D eigenvalue weighted by molar-refractivity contribution is -0.135. The van der Waals surface area contributed by atoms with Gasteiger partial charge in [-0.15, -0.1) is 11.3 Å². The molecule has 7 heteroatoms. The van der Waals surface area contributed by atoms with Gasteiger partial charge in [-0.25, -0.2) is 4.79 Å². The highest BCUT2D eigenvalue weighted by Crippen LogP contribution is 2.52. The molecule has 2 fully saturated rings. The molecule has 150 valence electrons. The number of likely N-dealkylation sites (tertiary alicyclic amines) is 1. The van der Waals surface area contributed by atoms with Gasteiger partial charge >= 0.3 is 5.97 Å². The van der Waals surface area contributed by atoms with Crippen molar-refractivity contribution in [3.8, 4) is 0 Å². The summed E-state index contributed by atoms with van der Waals surface area (Å²) in [5.41, 5.74) is 0.384. The van der Waals surface area contributed by atoms with Crippen molar-refractivity contribution in [2.75, 3.05) is 13.2 Å². The lowest BCUT2D eigenvalue weighted by Gasteiger charge is -2.39. The molecule has 1 amide bonds. The average Bonchev–Trinajstić information content (AvgIpc) is 3.04. The third-order valence-corrected chi connectivity index (χ3v) is 7.71. The van der Waals surface area contributed by atoms with Crippen LogP contribution in [-0.2, 0) is 9.53 Å². The summed E-state index contributed by atoms with van der Waals surface area (Å²) in [4.78, 5) is 27.5. The number of carbonyl (C=O) groups excluding carboxylic acids is 2. The molecule has 2 aromatic rings. The van der Waals surface area contributed by atoms with E-state index in [0.29, 0.717) is 14.9 Å². The molecule has 2 heterocycles. The number of halogens is 2. The topological polar surface area (TPSA) is 46.6 Å². The standard InChI is InChI=1S/C21H23Cl2NO3S/c1-20(2)7-13-8-21(3,10-20)11-24(13)16(25)9-27-19(26)18-17(23)14-5-4-12(22)6-15(14)28-18/h4-6,13H,7-11H2,1-3H3. The SMILES string of the molecule is CC1(C)CC2CC(C)(CN2C(=O)COC(=O)c2sc3cc(Cl)ccc3c2Cl)C1. The first-order chi connectivity index (χ1) is 13.1. The van der Waals surface area contributed by atoms with Crippen LogP contribution in [0.15, 0.2) is 18.2 Å². The van der Waals surface area contributed by atoms with Crippen LogP contribution in [0.4, 0.5) is 0 Å². The summed E-state index contributed by atoms with van der Waals surface area (Å²) in [5, 5.41) is 1.69. The molecule has 4 nitrogen and oxygen atoms in total. The summed E-state index contributed by atoms with van der Waals surface area (Å²) >= 11 is 13.6. The maximum atomic E-state index is 12.8. The van der Waals surface area contributed by atoms with Gasteiger partial charge in [0.1, 0.15) is 4.88 Å². The third-order valence-electron chi connectivity index (χ3n) is 5.84. The van der Waals surface area contributed by atoms with Gasteiger partial charge in [0, 0.05) is 27.7 Å². The maximum Gasteiger partial charge on any atom is 0.350 e. The van der Waals surface area contributed by atoms with Crippen LogP contribution in [-0.4, -0.2) is 36.0 Å².